The van der Waals surface area contributed by atoms with Gasteiger partial charge in [-0.15, -0.1) is 0 Å². The summed E-state index contributed by atoms with van der Waals surface area (Å²) in [6, 6.07) is 0.178. The average Bonchev–Trinajstić information content (AvgIpc) is 2.28. The van der Waals surface area contributed by atoms with Gasteiger partial charge in [0.05, 0.1) is 5.60 Å². The van der Waals surface area contributed by atoms with Crippen LogP contribution in [0.15, 0.2) is 0 Å². The molecule has 3 atom stereocenters. The van der Waals surface area contributed by atoms with Gasteiger partial charge in [-0.05, 0) is 39.0 Å². The lowest BCUT2D eigenvalue weighted by atomic mass is 9.70. The standard InChI is InChI=1S/C14H29NO/c1-5-11-9-7-8-10-12(11)13(15)14(3,4)16-6-2/h11-13H,5-10,15H2,1-4H3. The summed E-state index contributed by atoms with van der Waals surface area (Å²) in [5.41, 5.74) is 6.28. The first-order chi connectivity index (χ1) is 7.53. The van der Waals surface area contributed by atoms with Crippen LogP contribution in [-0.4, -0.2) is 18.2 Å². The largest absolute Gasteiger partial charge is 0.374 e. The number of hydrogen-bond acceptors (Lipinski definition) is 2. The zero-order valence-corrected chi connectivity index (χ0v) is 11.5. The molecule has 0 saturated heterocycles. The minimum Gasteiger partial charge on any atom is -0.374 e. The topological polar surface area (TPSA) is 35.2 Å². The Hall–Kier alpha value is -0.0800. The first kappa shape index (κ1) is 14.0. The van der Waals surface area contributed by atoms with Crippen molar-refractivity contribution in [2.75, 3.05) is 6.61 Å². The molecule has 96 valence electrons. The Kier molecular flexibility index (Phi) is 5.26. The van der Waals surface area contributed by atoms with Crippen LogP contribution in [0.2, 0.25) is 0 Å². The van der Waals surface area contributed by atoms with Crippen molar-refractivity contribution in [3.8, 4) is 0 Å². The molecule has 1 saturated carbocycles. The molecule has 0 radical (unpaired) electrons. The third-order valence-electron chi connectivity index (χ3n) is 4.27. The van der Waals surface area contributed by atoms with E-state index in [0.29, 0.717) is 5.92 Å². The minimum atomic E-state index is -0.176. The normalized spacial score (nSPS) is 29.1. The van der Waals surface area contributed by atoms with E-state index >= 15 is 0 Å². The molecule has 0 bridgehead atoms. The smallest absolute Gasteiger partial charge is 0.0779 e. The van der Waals surface area contributed by atoms with Gasteiger partial charge < -0.3 is 10.5 Å². The molecule has 2 nitrogen and oxygen atoms in total. The average molecular weight is 227 g/mol. The third kappa shape index (κ3) is 3.21. The molecule has 0 aromatic rings. The highest BCUT2D eigenvalue weighted by Crippen LogP contribution is 2.37. The van der Waals surface area contributed by atoms with Gasteiger partial charge in [0.25, 0.3) is 0 Å². The van der Waals surface area contributed by atoms with Gasteiger partial charge in [-0.1, -0.05) is 32.6 Å². The fourth-order valence-corrected chi connectivity index (χ4v) is 3.20. The van der Waals surface area contributed by atoms with Crippen molar-refractivity contribution in [1.29, 1.82) is 0 Å². The van der Waals surface area contributed by atoms with Crippen molar-refractivity contribution < 1.29 is 4.74 Å². The Bertz CT molecular complexity index is 203. The minimum absolute atomic E-state index is 0.176. The van der Waals surface area contributed by atoms with Crippen molar-refractivity contribution in [3.05, 3.63) is 0 Å². The van der Waals surface area contributed by atoms with E-state index in [1.54, 1.807) is 0 Å². The molecule has 1 aliphatic rings. The van der Waals surface area contributed by atoms with E-state index in [4.69, 9.17) is 10.5 Å². The maximum Gasteiger partial charge on any atom is 0.0779 e. The lowest BCUT2D eigenvalue weighted by Gasteiger charge is -2.42. The maximum atomic E-state index is 6.45. The van der Waals surface area contributed by atoms with E-state index in [1.807, 2.05) is 6.92 Å². The van der Waals surface area contributed by atoms with E-state index in [9.17, 15) is 0 Å². The molecule has 2 N–H and O–H groups in total. The van der Waals surface area contributed by atoms with Crippen molar-refractivity contribution in [2.45, 2.75) is 71.4 Å². The Balaban J connectivity index is 2.65. The molecule has 1 rings (SSSR count). The predicted molar refractivity (Wildman–Crippen MR) is 69.4 cm³/mol. The predicted octanol–water partition coefficient (Wildman–Crippen LogP) is 3.35. The van der Waals surface area contributed by atoms with Gasteiger partial charge in [-0.25, -0.2) is 0 Å². The van der Waals surface area contributed by atoms with E-state index in [2.05, 4.69) is 20.8 Å². The van der Waals surface area contributed by atoms with E-state index in [0.717, 1.165) is 12.5 Å². The summed E-state index contributed by atoms with van der Waals surface area (Å²) in [7, 11) is 0. The van der Waals surface area contributed by atoms with Crippen LogP contribution in [0.5, 0.6) is 0 Å². The van der Waals surface area contributed by atoms with E-state index in [1.165, 1.54) is 32.1 Å². The Morgan fingerprint density at radius 1 is 1.25 bits per heavy atom. The molecule has 1 aliphatic carbocycles. The fourth-order valence-electron chi connectivity index (χ4n) is 3.20. The highest BCUT2D eigenvalue weighted by molar-refractivity contribution is 4.92. The lowest BCUT2D eigenvalue weighted by molar-refractivity contribution is -0.0542. The molecular formula is C14H29NO. The molecule has 2 heteroatoms. The first-order valence-corrected chi connectivity index (χ1v) is 6.92. The van der Waals surface area contributed by atoms with E-state index < -0.39 is 0 Å². The number of nitrogens with two attached hydrogens (primary N) is 1. The Morgan fingerprint density at radius 2 is 1.88 bits per heavy atom. The Labute approximate surface area is 101 Å². The zero-order valence-electron chi connectivity index (χ0n) is 11.5. The van der Waals surface area contributed by atoms with Crippen molar-refractivity contribution >= 4 is 0 Å². The van der Waals surface area contributed by atoms with Crippen LogP contribution in [0.1, 0.15) is 59.8 Å². The summed E-state index contributed by atoms with van der Waals surface area (Å²) in [6.07, 6.45) is 6.64. The summed E-state index contributed by atoms with van der Waals surface area (Å²) < 4.78 is 5.81. The van der Waals surface area contributed by atoms with Gasteiger partial charge in [0.15, 0.2) is 0 Å². The van der Waals surface area contributed by atoms with Gasteiger partial charge in [-0.3, -0.25) is 0 Å². The van der Waals surface area contributed by atoms with Crippen LogP contribution in [0, 0.1) is 11.8 Å². The summed E-state index contributed by atoms with van der Waals surface area (Å²) in [4.78, 5) is 0. The van der Waals surface area contributed by atoms with Crippen LogP contribution < -0.4 is 5.73 Å². The van der Waals surface area contributed by atoms with Gasteiger partial charge in [0.2, 0.25) is 0 Å². The molecule has 0 aromatic heterocycles. The molecule has 1 fully saturated rings. The maximum absolute atomic E-state index is 6.45. The molecule has 0 aromatic carbocycles. The third-order valence-corrected chi connectivity index (χ3v) is 4.27. The molecule has 0 amide bonds. The summed E-state index contributed by atoms with van der Waals surface area (Å²) in [6.45, 7) is 9.38. The second-order valence-electron chi connectivity index (χ2n) is 5.68. The van der Waals surface area contributed by atoms with E-state index in [-0.39, 0.29) is 11.6 Å². The quantitative estimate of drug-likeness (QED) is 0.781. The van der Waals surface area contributed by atoms with Crippen LogP contribution in [0.3, 0.4) is 0 Å². The molecule has 3 unspecified atom stereocenters. The summed E-state index contributed by atoms with van der Waals surface area (Å²) >= 11 is 0. The number of rotatable bonds is 5. The second kappa shape index (κ2) is 6.02. The van der Waals surface area contributed by atoms with Crippen LogP contribution in [-0.2, 0) is 4.74 Å². The fraction of sp³-hybridized carbons (Fsp3) is 1.00. The lowest BCUT2D eigenvalue weighted by Crippen LogP contribution is -2.52. The number of hydrogen-bond donors (Lipinski definition) is 1. The van der Waals surface area contributed by atoms with Crippen LogP contribution in [0.25, 0.3) is 0 Å². The summed E-state index contributed by atoms with van der Waals surface area (Å²) in [5.74, 6) is 1.46. The van der Waals surface area contributed by atoms with Crippen molar-refractivity contribution in [3.63, 3.8) is 0 Å². The van der Waals surface area contributed by atoms with Crippen molar-refractivity contribution in [1.82, 2.24) is 0 Å². The summed E-state index contributed by atoms with van der Waals surface area (Å²) in [5, 5.41) is 0. The molecule has 0 spiro atoms. The van der Waals surface area contributed by atoms with Gasteiger partial charge in [0, 0.05) is 12.6 Å². The number of ether oxygens (including phenoxy) is 1. The molecule has 16 heavy (non-hydrogen) atoms. The highest BCUT2D eigenvalue weighted by Gasteiger charge is 2.37. The zero-order chi connectivity index (χ0) is 12.2. The van der Waals surface area contributed by atoms with Crippen molar-refractivity contribution in [2.24, 2.45) is 17.6 Å². The van der Waals surface area contributed by atoms with Gasteiger partial charge in [0.1, 0.15) is 0 Å². The highest BCUT2D eigenvalue weighted by atomic mass is 16.5. The first-order valence-electron chi connectivity index (χ1n) is 6.92. The molecular weight excluding hydrogens is 198 g/mol. The Morgan fingerprint density at radius 3 is 2.44 bits per heavy atom. The van der Waals surface area contributed by atoms with Crippen LogP contribution >= 0.6 is 0 Å². The van der Waals surface area contributed by atoms with Crippen LogP contribution in [0.4, 0.5) is 0 Å². The monoisotopic (exact) mass is 227 g/mol. The van der Waals surface area contributed by atoms with Gasteiger partial charge >= 0.3 is 0 Å². The molecule has 0 heterocycles. The molecule has 0 aliphatic heterocycles. The second-order valence-corrected chi connectivity index (χ2v) is 5.68. The SMILES string of the molecule is CCOC(C)(C)C(N)C1CCCCC1CC. The van der Waals surface area contributed by atoms with Gasteiger partial charge in [-0.2, -0.15) is 0 Å².